The minimum Gasteiger partial charge on any atom is -0.488 e. The van der Waals surface area contributed by atoms with Crippen LogP contribution in [0.15, 0.2) is 18.2 Å². The molecule has 1 aromatic heterocycles. The molecule has 8 nitrogen and oxygen atoms in total. The van der Waals surface area contributed by atoms with Gasteiger partial charge in [-0.1, -0.05) is 0 Å². The number of nitrogens with one attached hydrogen (secondary N) is 1. The van der Waals surface area contributed by atoms with E-state index in [9.17, 15) is 26.4 Å². The van der Waals surface area contributed by atoms with E-state index in [1.165, 1.54) is 0 Å². The highest BCUT2D eigenvalue weighted by atomic mass is 32.2. The monoisotopic (exact) mass is 501 g/mol. The first-order valence-corrected chi connectivity index (χ1v) is 12.7. The van der Waals surface area contributed by atoms with Crippen molar-refractivity contribution in [1.29, 1.82) is 0 Å². The van der Waals surface area contributed by atoms with Gasteiger partial charge in [0, 0.05) is 18.0 Å². The van der Waals surface area contributed by atoms with E-state index in [1.807, 2.05) is 13.8 Å². The maximum atomic E-state index is 14.6. The lowest BCUT2D eigenvalue weighted by atomic mass is 9.95. The summed E-state index contributed by atoms with van der Waals surface area (Å²) in [7, 11) is -3.19. The predicted molar refractivity (Wildman–Crippen MR) is 117 cm³/mol. The number of alkyl halides is 2. The molecule has 1 N–H and O–H groups in total. The lowest BCUT2D eigenvalue weighted by Crippen LogP contribution is -2.51. The van der Waals surface area contributed by atoms with Crippen LogP contribution in [-0.2, 0) is 21.1 Å². The second-order valence-corrected chi connectivity index (χ2v) is 11.5. The van der Waals surface area contributed by atoms with Gasteiger partial charge in [0.05, 0.1) is 28.7 Å². The smallest absolute Gasteiger partial charge is 0.387 e. The molecule has 186 valence electrons. The van der Waals surface area contributed by atoms with E-state index in [2.05, 4.69) is 15.2 Å². The van der Waals surface area contributed by atoms with Crippen LogP contribution in [-0.4, -0.2) is 54.4 Å². The molecular weight excluding hydrogens is 475 g/mol. The van der Waals surface area contributed by atoms with Crippen molar-refractivity contribution >= 4 is 15.7 Å². The van der Waals surface area contributed by atoms with Crippen LogP contribution >= 0.6 is 0 Å². The fraction of sp³-hybridized carbons (Fsp3) is 0.545. The largest absolute Gasteiger partial charge is 0.488 e. The molecule has 0 saturated carbocycles. The number of aromatic nitrogens is 2. The Morgan fingerprint density at radius 3 is 2.71 bits per heavy atom. The Hall–Kier alpha value is -2.76. The van der Waals surface area contributed by atoms with Crippen molar-refractivity contribution in [1.82, 2.24) is 15.1 Å². The van der Waals surface area contributed by atoms with Gasteiger partial charge in [-0.3, -0.25) is 9.48 Å². The van der Waals surface area contributed by atoms with Crippen LogP contribution in [0.5, 0.6) is 11.5 Å². The van der Waals surface area contributed by atoms with Crippen LogP contribution in [0.2, 0.25) is 0 Å². The molecule has 34 heavy (non-hydrogen) atoms. The van der Waals surface area contributed by atoms with Gasteiger partial charge < -0.3 is 14.8 Å². The number of halogens is 3. The summed E-state index contributed by atoms with van der Waals surface area (Å²) in [6.07, 6.45) is 0.578. The Kier molecular flexibility index (Phi) is 6.30. The number of amides is 1. The number of ether oxygens (including phenoxy) is 2. The maximum absolute atomic E-state index is 14.6. The molecule has 1 saturated heterocycles. The van der Waals surface area contributed by atoms with Gasteiger partial charge in [-0.15, -0.1) is 0 Å². The van der Waals surface area contributed by atoms with Gasteiger partial charge in [-0.2, -0.15) is 13.9 Å². The highest BCUT2D eigenvalue weighted by Crippen LogP contribution is 2.40. The first-order valence-electron chi connectivity index (χ1n) is 10.9. The van der Waals surface area contributed by atoms with Crippen LogP contribution in [0.25, 0.3) is 11.3 Å². The van der Waals surface area contributed by atoms with E-state index in [-0.39, 0.29) is 59.2 Å². The van der Waals surface area contributed by atoms with Gasteiger partial charge in [-0.25, -0.2) is 12.8 Å². The Bertz CT molecular complexity index is 1210. The second-order valence-electron chi connectivity index (χ2n) is 9.29. The molecule has 12 heteroatoms. The zero-order chi connectivity index (χ0) is 24.8. The minimum absolute atomic E-state index is 0.0205. The van der Waals surface area contributed by atoms with Crippen molar-refractivity contribution in [3.05, 3.63) is 29.7 Å². The summed E-state index contributed by atoms with van der Waals surface area (Å²) in [6.45, 7) is 2.34. The molecular formula is C22H26F3N3O5S. The summed E-state index contributed by atoms with van der Waals surface area (Å²) in [4.78, 5) is 13.0. The molecule has 0 spiro atoms. The zero-order valence-electron chi connectivity index (χ0n) is 19.0. The summed E-state index contributed by atoms with van der Waals surface area (Å²) in [5, 5.41) is 7.33. The SMILES string of the molecule is CC(C)n1nc(-c2cc(OC(F)F)ccc2F)c2c1CC(C(=O)NC1(C)CCS(=O)(=O)C1)CO2. The molecule has 1 fully saturated rings. The minimum atomic E-state index is -3.19. The van der Waals surface area contributed by atoms with Gasteiger partial charge in [0.1, 0.15) is 23.9 Å². The van der Waals surface area contributed by atoms with Crippen LogP contribution < -0.4 is 14.8 Å². The van der Waals surface area contributed by atoms with E-state index in [4.69, 9.17) is 4.74 Å². The lowest BCUT2D eigenvalue weighted by molar-refractivity contribution is -0.127. The third-order valence-corrected chi connectivity index (χ3v) is 7.94. The number of benzene rings is 1. The molecule has 2 aromatic rings. The molecule has 2 aliphatic heterocycles. The second kappa shape index (κ2) is 8.79. The number of hydrogen-bond donors (Lipinski definition) is 1. The van der Waals surface area contributed by atoms with Crippen LogP contribution in [0.4, 0.5) is 13.2 Å². The van der Waals surface area contributed by atoms with Crippen molar-refractivity contribution in [2.45, 2.75) is 51.8 Å². The molecule has 1 aromatic carbocycles. The fourth-order valence-electron chi connectivity index (χ4n) is 4.41. The van der Waals surface area contributed by atoms with Crippen molar-refractivity contribution in [3.63, 3.8) is 0 Å². The zero-order valence-corrected chi connectivity index (χ0v) is 19.8. The number of carbonyl (C=O) groups is 1. The average Bonchev–Trinajstić information content (AvgIpc) is 3.25. The van der Waals surface area contributed by atoms with Crippen molar-refractivity contribution in [3.8, 4) is 22.8 Å². The summed E-state index contributed by atoms with van der Waals surface area (Å²) < 4.78 is 75.5. The highest BCUT2D eigenvalue weighted by Gasteiger charge is 2.42. The molecule has 2 atom stereocenters. The van der Waals surface area contributed by atoms with E-state index in [1.54, 1.807) is 11.6 Å². The number of nitrogens with zero attached hydrogens (tertiary/aromatic N) is 2. The number of carbonyl (C=O) groups excluding carboxylic acids is 1. The number of rotatable bonds is 6. The Balaban J connectivity index is 1.63. The lowest BCUT2D eigenvalue weighted by Gasteiger charge is -2.29. The Labute approximate surface area is 195 Å². The first kappa shape index (κ1) is 24.4. The van der Waals surface area contributed by atoms with E-state index in [0.29, 0.717) is 12.1 Å². The number of fused-ring (bicyclic) bond motifs is 1. The predicted octanol–water partition coefficient (Wildman–Crippen LogP) is 3.12. The van der Waals surface area contributed by atoms with Crippen LogP contribution in [0, 0.1) is 11.7 Å². The fourth-order valence-corrected chi connectivity index (χ4v) is 6.50. The summed E-state index contributed by atoms with van der Waals surface area (Å²) in [5.74, 6) is -1.65. The molecule has 1 amide bonds. The quantitative estimate of drug-likeness (QED) is 0.653. The Morgan fingerprint density at radius 1 is 1.35 bits per heavy atom. The third kappa shape index (κ3) is 4.86. The topological polar surface area (TPSA) is 99.5 Å². The molecule has 4 rings (SSSR count). The molecule has 2 aliphatic rings. The van der Waals surface area contributed by atoms with Gasteiger partial charge in [0.2, 0.25) is 5.91 Å². The molecule has 2 unspecified atom stereocenters. The standard InChI is InChI=1S/C22H26F3N3O5S/c1-12(2)28-17-8-13(20(29)26-22(3)6-7-34(30,31)11-22)10-32-19(17)18(27-28)15-9-14(33-21(24)25)4-5-16(15)23/h4-5,9,12-13,21H,6-8,10-11H2,1-3H3,(H,26,29). The first-order chi connectivity index (χ1) is 15.9. The van der Waals surface area contributed by atoms with Crippen molar-refractivity contribution in [2.75, 3.05) is 18.1 Å². The normalized spacial score (nSPS) is 23.6. The molecule has 0 aliphatic carbocycles. The molecule has 0 bridgehead atoms. The highest BCUT2D eigenvalue weighted by molar-refractivity contribution is 7.91. The van der Waals surface area contributed by atoms with Crippen LogP contribution in [0.3, 0.4) is 0 Å². The number of sulfone groups is 1. The summed E-state index contributed by atoms with van der Waals surface area (Å²) in [6, 6.07) is 3.10. The molecule has 3 heterocycles. The van der Waals surface area contributed by atoms with E-state index < -0.39 is 33.7 Å². The number of hydrogen-bond acceptors (Lipinski definition) is 6. The van der Waals surface area contributed by atoms with E-state index in [0.717, 1.165) is 18.2 Å². The molecule has 0 radical (unpaired) electrons. The van der Waals surface area contributed by atoms with Crippen molar-refractivity contribution < 1.29 is 35.9 Å². The Morgan fingerprint density at radius 2 is 2.09 bits per heavy atom. The van der Waals surface area contributed by atoms with E-state index >= 15 is 0 Å². The third-order valence-electron chi connectivity index (χ3n) is 6.04. The van der Waals surface area contributed by atoms with Crippen molar-refractivity contribution in [2.24, 2.45) is 5.92 Å². The maximum Gasteiger partial charge on any atom is 0.387 e. The average molecular weight is 502 g/mol. The van der Waals surface area contributed by atoms with Gasteiger partial charge in [-0.05, 0) is 45.4 Å². The van der Waals surface area contributed by atoms with Gasteiger partial charge >= 0.3 is 6.61 Å². The summed E-state index contributed by atoms with van der Waals surface area (Å²) >= 11 is 0. The summed E-state index contributed by atoms with van der Waals surface area (Å²) in [5.41, 5.74) is -0.192. The van der Waals surface area contributed by atoms with Crippen LogP contribution in [0.1, 0.15) is 38.9 Å². The van der Waals surface area contributed by atoms with Gasteiger partial charge in [0.15, 0.2) is 15.6 Å². The van der Waals surface area contributed by atoms with Gasteiger partial charge in [0.25, 0.3) is 0 Å².